The first-order valence-electron chi connectivity index (χ1n) is 5.58. The van der Waals surface area contributed by atoms with Crippen LogP contribution in [0.15, 0.2) is 18.7 Å². The number of sulfonamides is 1. The van der Waals surface area contributed by atoms with E-state index in [2.05, 4.69) is 25.3 Å². The number of halogens is 1. The highest BCUT2D eigenvalue weighted by Gasteiger charge is 2.07. The van der Waals surface area contributed by atoms with Crippen LogP contribution in [0.5, 0.6) is 0 Å². The second-order valence-electron chi connectivity index (χ2n) is 3.85. The van der Waals surface area contributed by atoms with E-state index in [1.54, 1.807) is 17.0 Å². The van der Waals surface area contributed by atoms with E-state index in [9.17, 15) is 8.42 Å². The van der Waals surface area contributed by atoms with Gasteiger partial charge in [0.25, 0.3) is 0 Å². The summed E-state index contributed by atoms with van der Waals surface area (Å²) in [5.74, 6) is 0.451. The van der Waals surface area contributed by atoms with Crippen molar-refractivity contribution in [1.82, 2.24) is 24.5 Å². The van der Waals surface area contributed by atoms with Crippen molar-refractivity contribution >= 4 is 27.6 Å². The van der Waals surface area contributed by atoms with Gasteiger partial charge in [-0.3, -0.25) is 4.57 Å². The fraction of sp³-hybridized carbons (Fsp3) is 0.333. The molecule has 3 N–H and O–H groups in total. The molecular formula is C9H12ClN7O2S. The van der Waals surface area contributed by atoms with E-state index >= 15 is 0 Å². The molecule has 2 aromatic heterocycles. The lowest BCUT2D eigenvalue weighted by Crippen LogP contribution is -2.19. The minimum atomic E-state index is -3.46. The van der Waals surface area contributed by atoms with Crippen LogP contribution in [-0.2, 0) is 10.0 Å². The van der Waals surface area contributed by atoms with Crippen LogP contribution >= 0.6 is 11.6 Å². The van der Waals surface area contributed by atoms with Gasteiger partial charge in [-0.15, -0.1) is 0 Å². The average molecular weight is 318 g/mol. The molecule has 0 radical (unpaired) electrons. The first-order chi connectivity index (χ1) is 9.44. The molecule has 20 heavy (non-hydrogen) atoms. The van der Waals surface area contributed by atoms with E-state index in [4.69, 9.17) is 16.7 Å². The second kappa shape index (κ2) is 6.11. The summed E-state index contributed by atoms with van der Waals surface area (Å²) in [4.78, 5) is 15.9. The Labute approximate surface area is 120 Å². The number of imidazole rings is 1. The predicted molar refractivity (Wildman–Crippen MR) is 73.0 cm³/mol. The smallest absolute Gasteiger partial charge is 0.241 e. The van der Waals surface area contributed by atoms with Gasteiger partial charge in [-0.2, -0.15) is 15.0 Å². The van der Waals surface area contributed by atoms with Crippen LogP contribution in [0.1, 0.15) is 6.42 Å². The Balaban J connectivity index is 2.02. The van der Waals surface area contributed by atoms with Crippen molar-refractivity contribution in [3.63, 3.8) is 0 Å². The summed E-state index contributed by atoms with van der Waals surface area (Å²) in [6.07, 6.45) is 5.10. The van der Waals surface area contributed by atoms with E-state index in [0.29, 0.717) is 18.9 Å². The second-order valence-corrected chi connectivity index (χ2v) is 5.92. The predicted octanol–water partition coefficient (Wildman–Crippen LogP) is -0.199. The molecule has 2 heterocycles. The van der Waals surface area contributed by atoms with Crippen LogP contribution in [-0.4, -0.2) is 45.2 Å². The third-order valence-electron chi connectivity index (χ3n) is 2.22. The average Bonchev–Trinajstić information content (AvgIpc) is 2.86. The highest BCUT2D eigenvalue weighted by Crippen LogP contribution is 2.09. The van der Waals surface area contributed by atoms with E-state index in [0.717, 1.165) is 0 Å². The van der Waals surface area contributed by atoms with Gasteiger partial charge in [-0.1, -0.05) is 0 Å². The van der Waals surface area contributed by atoms with Crippen LogP contribution < -0.4 is 10.5 Å². The van der Waals surface area contributed by atoms with E-state index < -0.39 is 10.0 Å². The molecule has 0 aliphatic heterocycles. The molecule has 11 heteroatoms. The van der Waals surface area contributed by atoms with Crippen molar-refractivity contribution < 1.29 is 8.42 Å². The number of hydrogen-bond donors (Lipinski definition) is 2. The maximum Gasteiger partial charge on any atom is 0.241 e. The maximum atomic E-state index is 10.8. The van der Waals surface area contributed by atoms with Crippen molar-refractivity contribution in [2.75, 3.05) is 17.6 Å². The molecule has 0 bridgehead atoms. The Kier molecular flexibility index (Phi) is 4.47. The lowest BCUT2D eigenvalue weighted by Gasteiger charge is -2.06. The summed E-state index contributed by atoms with van der Waals surface area (Å²) in [5.41, 5.74) is 0. The number of aromatic nitrogens is 5. The topological polar surface area (TPSA) is 129 Å². The minimum absolute atomic E-state index is 0.0256. The van der Waals surface area contributed by atoms with Crippen LogP contribution in [0.25, 0.3) is 5.95 Å². The number of nitrogens with one attached hydrogen (secondary N) is 1. The molecule has 0 aromatic carbocycles. The molecule has 0 atom stereocenters. The number of nitrogens with zero attached hydrogens (tertiary/aromatic N) is 5. The summed E-state index contributed by atoms with van der Waals surface area (Å²) in [7, 11) is -3.46. The lowest BCUT2D eigenvalue weighted by atomic mass is 10.5. The Bertz CT molecular complexity index is 674. The number of anilines is 1. The fourth-order valence-corrected chi connectivity index (χ4v) is 2.09. The van der Waals surface area contributed by atoms with Gasteiger partial charge in [0.2, 0.25) is 27.2 Å². The van der Waals surface area contributed by atoms with Crippen molar-refractivity contribution in [1.29, 1.82) is 0 Å². The number of primary sulfonamides is 1. The van der Waals surface area contributed by atoms with Crippen LogP contribution in [0.2, 0.25) is 5.28 Å². The zero-order chi connectivity index (χ0) is 14.6. The summed E-state index contributed by atoms with van der Waals surface area (Å²) >= 11 is 5.80. The Morgan fingerprint density at radius 1 is 1.35 bits per heavy atom. The summed E-state index contributed by atoms with van der Waals surface area (Å²) in [6, 6.07) is 0. The van der Waals surface area contributed by atoms with E-state index in [1.807, 2.05) is 0 Å². The summed E-state index contributed by atoms with van der Waals surface area (Å²) in [6.45, 7) is 0.347. The Morgan fingerprint density at radius 3 is 2.80 bits per heavy atom. The van der Waals surface area contributed by atoms with Gasteiger partial charge in [0, 0.05) is 18.9 Å². The molecule has 0 aliphatic carbocycles. The molecule has 0 saturated heterocycles. The maximum absolute atomic E-state index is 10.8. The van der Waals surface area contributed by atoms with Crippen LogP contribution in [0.4, 0.5) is 5.95 Å². The largest absolute Gasteiger partial charge is 0.354 e. The molecule has 0 spiro atoms. The summed E-state index contributed by atoms with van der Waals surface area (Å²) in [5, 5.41) is 7.78. The number of hydrogen-bond acceptors (Lipinski definition) is 7. The highest BCUT2D eigenvalue weighted by molar-refractivity contribution is 7.89. The highest BCUT2D eigenvalue weighted by atomic mass is 35.5. The monoisotopic (exact) mass is 317 g/mol. The fourth-order valence-electron chi connectivity index (χ4n) is 1.39. The van der Waals surface area contributed by atoms with Gasteiger partial charge < -0.3 is 5.32 Å². The molecule has 108 valence electrons. The van der Waals surface area contributed by atoms with Gasteiger partial charge in [-0.25, -0.2) is 18.5 Å². The van der Waals surface area contributed by atoms with E-state index in [1.165, 1.54) is 6.33 Å². The molecule has 0 fully saturated rings. The Morgan fingerprint density at radius 2 is 2.15 bits per heavy atom. The van der Waals surface area contributed by atoms with Crippen molar-refractivity contribution in [3.05, 3.63) is 24.0 Å². The molecule has 0 amide bonds. The third kappa shape index (κ3) is 4.40. The standard InChI is InChI=1S/C9H12ClN7O2S/c10-7-14-8(13-2-1-5-20(11,18)19)16-9(15-7)17-4-3-12-6-17/h3-4,6H,1-2,5H2,(H2,11,18,19)(H,13,14,15,16). The van der Waals surface area contributed by atoms with Crippen LogP contribution in [0.3, 0.4) is 0 Å². The molecular weight excluding hydrogens is 306 g/mol. The molecule has 0 saturated carbocycles. The SMILES string of the molecule is NS(=O)(=O)CCCNc1nc(Cl)nc(-n2ccnc2)n1. The quantitative estimate of drug-likeness (QED) is 0.706. The van der Waals surface area contributed by atoms with Crippen molar-refractivity contribution in [2.45, 2.75) is 6.42 Å². The molecule has 2 rings (SSSR count). The summed E-state index contributed by atoms with van der Waals surface area (Å²) < 4.78 is 23.1. The van der Waals surface area contributed by atoms with Gasteiger partial charge in [0.15, 0.2) is 0 Å². The third-order valence-corrected chi connectivity index (χ3v) is 3.25. The van der Waals surface area contributed by atoms with Gasteiger partial charge >= 0.3 is 0 Å². The van der Waals surface area contributed by atoms with Crippen molar-refractivity contribution in [3.8, 4) is 5.95 Å². The zero-order valence-electron chi connectivity index (χ0n) is 10.3. The number of nitrogens with two attached hydrogens (primary N) is 1. The molecule has 2 aromatic rings. The lowest BCUT2D eigenvalue weighted by molar-refractivity contribution is 0.595. The van der Waals surface area contributed by atoms with Crippen LogP contribution in [0, 0.1) is 0 Å². The van der Waals surface area contributed by atoms with Gasteiger partial charge in [0.1, 0.15) is 6.33 Å². The zero-order valence-corrected chi connectivity index (χ0v) is 11.8. The Hall–Kier alpha value is -1.78. The van der Waals surface area contributed by atoms with Gasteiger partial charge in [0.05, 0.1) is 5.75 Å². The first-order valence-corrected chi connectivity index (χ1v) is 7.68. The van der Waals surface area contributed by atoms with Gasteiger partial charge in [-0.05, 0) is 18.0 Å². The first kappa shape index (κ1) is 14.6. The molecule has 0 aliphatic rings. The molecule has 0 unspecified atom stereocenters. The van der Waals surface area contributed by atoms with E-state index in [-0.39, 0.29) is 17.0 Å². The molecule has 9 nitrogen and oxygen atoms in total. The normalized spacial score (nSPS) is 11.5. The minimum Gasteiger partial charge on any atom is -0.354 e. The number of rotatable bonds is 6. The van der Waals surface area contributed by atoms with Crippen molar-refractivity contribution in [2.24, 2.45) is 5.14 Å².